The Hall–Kier alpha value is -1.13. The SMILES string of the molecule is CNCC(O)Cc1cccc(OC)c1F. The van der Waals surface area contributed by atoms with Gasteiger partial charge in [0.2, 0.25) is 0 Å². The Balaban J connectivity index is 2.76. The standard InChI is InChI=1S/C11H16FNO2/c1-13-7-9(14)6-8-4-3-5-10(15-2)11(8)12/h3-5,9,13-14H,6-7H2,1-2H3. The maximum Gasteiger partial charge on any atom is 0.168 e. The minimum absolute atomic E-state index is 0.212. The molecule has 1 atom stereocenters. The van der Waals surface area contributed by atoms with E-state index in [0.29, 0.717) is 12.1 Å². The van der Waals surface area contributed by atoms with E-state index in [1.165, 1.54) is 7.11 Å². The number of likely N-dealkylation sites (N-methyl/N-ethyl adjacent to an activating group) is 1. The van der Waals surface area contributed by atoms with Gasteiger partial charge >= 0.3 is 0 Å². The second kappa shape index (κ2) is 5.68. The molecule has 0 fully saturated rings. The van der Waals surface area contributed by atoms with Crippen molar-refractivity contribution in [3.05, 3.63) is 29.6 Å². The van der Waals surface area contributed by atoms with E-state index in [1.807, 2.05) is 0 Å². The first-order valence-corrected chi connectivity index (χ1v) is 4.83. The Morgan fingerprint density at radius 1 is 1.53 bits per heavy atom. The highest BCUT2D eigenvalue weighted by Gasteiger charge is 2.11. The number of aliphatic hydroxyl groups excluding tert-OH is 1. The van der Waals surface area contributed by atoms with Gasteiger partial charge in [-0.25, -0.2) is 4.39 Å². The summed E-state index contributed by atoms with van der Waals surface area (Å²) in [6.45, 7) is 0.441. The lowest BCUT2D eigenvalue weighted by Crippen LogP contribution is -2.25. The first-order valence-electron chi connectivity index (χ1n) is 4.83. The number of hydrogen-bond acceptors (Lipinski definition) is 3. The third-order valence-electron chi connectivity index (χ3n) is 2.16. The molecule has 15 heavy (non-hydrogen) atoms. The molecule has 0 saturated heterocycles. The van der Waals surface area contributed by atoms with Crippen LogP contribution in [0.2, 0.25) is 0 Å². The number of nitrogens with one attached hydrogen (secondary N) is 1. The van der Waals surface area contributed by atoms with E-state index in [9.17, 15) is 9.50 Å². The van der Waals surface area contributed by atoms with Gasteiger partial charge in [-0.2, -0.15) is 0 Å². The molecule has 0 bridgehead atoms. The molecule has 0 aliphatic carbocycles. The molecule has 3 nitrogen and oxygen atoms in total. The highest BCUT2D eigenvalue weighted by Crippen LogP contribution is 2.20. The van der Waals surface area contributed by atoms with Crippen molar-refractivity contribution < 1.29 is 14.2 Å². The summed E-state index contributed by atoms with van der Waals surface area (Å²) in [5, 5.41) is 12.4. The third-order valence-corrected chi connectivity index (χ3v) is 2.16. The predicted octanol–water partition coefficient (Wildman–Crippen LogP) is 0.957. The molecule has 2 N–H and O–H groups in total. The molecule has 4 heteroatoms. The van der Waals surface area contributed by atoms with E-state index in [2.05, 4.69) is 5.32 Å². The molecule has 0 saturated carbocycles. The summed E-state index contributed by atoms with van der Waals surface area (Å²) in [6, 6.07) is 4.92. The van der Waals surface area contributed by atoms with Crippen LogP contribution in [0.3, 0.4) is 0 Å². The van der Waals surface area contributed by atoms with Crippen LogP contribution in [-0.4, -0.2) is 31.9 Å². The molecule has 1 aromatic carbocycles. The summed E-state index contributed by atoms with van der Waals surface area (Å²) in [6.07, 6.45) is -0.305. The Kier molecular flexibility index (Phi) is 4.52. The van der Waals surface area contributed by atoms with Crippen LogP contribution in [0.15, 0.2) is 18.2 Å². The van der Waals surface area contributed by atoms with Gasteiger partial charge in [0.25, 0.3) is 0 Å². The lowest BCUT2D eigenvalue weighted by molar-refractivity contribution is 0.173. The summed E-state index contributed by atoms with van der Waals surface area (Å²) in [7, 11) is 3.16. The fourth-order valence-electron chi connectivity index (χ4n) is 1.43. The fourth-order valence-corrected chi connectivity index (χ4v) is 1.43. The van der Waals surface area contributed by atoms with Crippen molar-refractivity contribution in [2.24, 2.45) is 0 Å². The molecule has 0 amide bonds. The molecule has 1 aromatic rings. The molecule has 0 radical (unpaired) electrons. The number of benzene rings is 1. The number of aliphatic hydroxyl groups is 1. The summed E-state index contributed by atoms with van der Waals surface area (Å²) in [5.74, 6) is -0.181. The topological polar surface area (TPSA) is 41.5 Å². The third kappa shape index (κ3) is 3.18. The van der Waals surface area contributed by atoms with Crippen LogP contribution in [0.5, 0.6) is 5.75 Å². The van der Waals surface area contributed by atoms with E-state index >= 15 is 0 Å². The monoisotopic (exact) mass is 213 g/mol. The minimum atomic E-state index is -0.586. The first-order chi connectivity index (χ1) is 7.19. The summed E-state index contributed by atoms with van der Waals surface area (Å²) in [5.41, 5.74) is 0.470. The fraction of sp³-hybridized carbons (Fsp3) is 0.455. The minimum Gasteiger partial charge on any atom is -0.494 e. The van der Waals surface area contributed by atoms with Gasteiger partial charge < -0.3 is 15.2 Å². The van der Waals surface area contributed by atoms with Crippen LogP contribution in [0.25, 0.3) is 0 Å². The molecule has 0 spiro atoms. The molecule has 1 rings (SSSR count). The van der Waals surface area contributed by atoms with E-state index in [0.717, 1.165) is 0 Å². The number of ether oxygens (including phenoxy) is 1. The Labute approximate surface area is 88.9 Å². The van der Waals surface area contributed by atoms with E-state index < -0.39 is 11.9 Å². The highest BCUT2D eigenvalue weighted by molar-refractivity contribution is 5.31. The Morgan fingerprint density at radius 3 is 2.87 bits per heavy atom. The van der Waals surface area contributed by atoms with Gasteiger partial charge in [-0.15, -0.1) is 0 Å². The van der Waals surface area contributed by atoms with Crippen molar-refractivity contribution in [3.8, 4) is 5.75 Å². The summed E-state index contributed by atoms with van der Waals surface area (Å²) in [4.78, 5) is 0. The summed E-state index contributed by atoms with van der Waals surface area (Å²) >= 11 is 0. The average molecular weight is 213 g/mol. The van der Waals surface area contributed by atoms with Gasteiger partial charge in [-0.3, -0.25) is 0 Å². The number of rotatable bonds is 5. The maximum atomic E-state index is 13.6. The number of halogens is 1. The number of hydrogen-bond donors (Lipinski definition) is 2. The number of methoxy groups -OCH3 is 1. The molecule has 0 aliphatic rings. The van der Waals surface area contributed by atoms with Crippen LogP contribution in [0.1, 0.15) is 5.56 Å². The van der Waals surface area contributed by atoms with Crippen LogP contribution in [-0.2, 0) is 6.42 Å². The second-order valence-electron chi connectivity index (χ2n) is 3.35. The molecule has 1 unspecified atom stereocenters. The maximum absolute atomic E-state index is 13.6. The Bertz CT molecular complexity index is 317. The molecule has 0 aliphatic heterocycles. The van der Waals surface area contributed by atoms with Crippen LogP contribution in [0, 0.1) is 5.82 Å². The van der Waals surface area contributed by atoms with Gasteiger partial charge in [0.1, 0.15) is 0 Å². The van der Waals surface area contributed by atoms with Crippen molar-refractivity contribution in [2.75, 3.05) is 20.7 Å². The van der Waals surface area contributed by atoms with E-state index in [1.54, 1.807) is 25.2 Å². The largest absolute Gasteiger partial charge is 0.494 e. The normalized spacial score (nSPS) is 12.5. The zero-order valence-electron chi connectivity index (χ0n) is 8.96. The lowest BCUT2D eigenvalue weighted by Gasteiger charge is -2.11. The van der Waals surface area contributed by atoms with Gasteiger partial charge in [0, 0.05) is 13.0 Å². The van der Waals surface area contributed by atoms with Crippen molar-refractivity contribution >= 4 is 0 Å². The van der Waals surface area contributed by atoms with Crippen LogP contribution < -0.4 is 10.1 Å². The van der Waals surface area contributed by atoms with E-state index in [4.69, 9.17) is 4.74 Å². The average Bonchev–Trinajstić information content (AvgIpc) is 2.21. The van der Waals surface area contributed by atoms with Crippen molar-refractivity contribution in [2.45, 2.75) is 12.5 Å². The Morgan fingerprint density at radius 2 is 2.27 bits per heavy atom. The first kappa shape index (κ1) is 11.9. The quantitative estimate of drug-likeness (QED) is 0.765. The van der Waals surface area contributed by atoms with Crippen molar-refractivity contribution in [1.29, 1.82) is 0 Å². The van der Waals surface area contributed by atoms with Gasteiger partial charge in [-0.1, -0.05) is 12.1 Å². The molecule has 84 valence electrons. The van der Waals surface area contributed by atoms with Gasteiger partial charge in [-0.05, 0) is 18.7 Å². The molecular weight excluding hydrogens is 197 g/mol. The van der Waals surface area contributed by atoms with Gasteiger partial charge in [0.15, 0.2) is 11.6 Å². The van der Waals surface area contributed by atoms with Gasteiger partial charge in [0.05, 0.1) is 13.2 Å². The zero-order valence-corrected chi connectivity index (χ0v) is 8.96. The molecular formula is C11H16FNO2. The lowest BCUT2D eigenvalue weighted by atomic mass is 10.1. The van der Waals surface area contributed by atoms with Crippen molar-refractivity contribution in [3.63, 3.8) is 0 Å². The smallest absolute Gasteiger partial charge is 0.168 e. The van der Waals surface area contributed by atoms with Crippen LogP contribution in [0.4, 0.5) is 4.39 Å². The molecule has 0 aromatic heterocycles. The van der Waals surface area contributed by atoms with Crippen LogP contribution >= 0.6 is 0 Å². The molecule has 0 heterocycles. The van der Waals surface area contributed by atoms with Crippen molar-refractivity contribution in [1.82, 2.24) is 5.32 Å². The second-order valence-corrected chi connectivity index (χ2v) is 3.35. The predicted molar refractivity (Wildman–Crippen MR) is 56.6 cm³/mol. The zero-order chi connectivity index (χ0) is 11.3. The van der Waals surface area contributed by atoms with E-state index in [-0.39, 0.29) is 12.2 Å². The highest BCUT2D eigenvalue weighted by atomic mass is 19.1. The summed E-state index contributed by atoms with van der Waals surface area (Å²) < 4.78 is 18.5.